The summed E-state index contributed by atoms with van der Waals surface area (Å²) in [6, 6.07) is 12.9. The van der Waals surface area contributed by atoms with E-state index in [9.17, 15) is 31.2 Å². The van der Waals surface area contributed by atoms with Crippen LogP contribution >= 0.6 is 0 Å². The lowest BCUT2D eigenvalue weighted by Gasteiger charge is -2.13. The van der Waals surface area contributed by atoms with Crippen LogP contribution in [0.2, 0.25) is 0 Å². The molecule has 0 aliphatic carbocycles. The lowest BCUT2D eigenvalue weighted by Crippen LogP contribution is -2.23. The number of ether oxygens (including phenoxy) is 1. The number of hydrogen-bond donors (Lipinski definition) is 2. The fourth-order valence-electron chi connectivity index (χ4n) is 2.87. The molecule has 0 aliphatic rings. The first-order valence-electron chi connectivity index (χ1n) is 9.75. The molecule has 2 aromatic carbocycles. The molecule has 2 N–H and O–H groups in total. The predicted octanol–water partition coefficient (Wildman–Crippen LogP) is 4.28. The first kappa shape index (κ1) is 24.7. The number of aromatic nitrogens is 1. The first-order valence-corrected chi connectivity index (χ1v) is 11.2. The third kappa shape index (κ3) is 5.34. The van der Waals surface area contributed by atoms with Gasteiger partial charge in [0.1, 0.15) is 11.6 Å². The number of amides is 2. The van der Waals surface area contributed by atoms with Crippen LogP contribution in [-0.2, 0) is 9.84 Å². The molecule has 0 saturated heterocycles. The summed E-state index contributed by atoms with van der Waals surface area (Å²) < 4.78 is 67.2. The molecule has 3 aromatic rings. The zero-order valence-corrected chi connectivity index (χ0v) is 18.4. The molecular formula is C22H18F3N3O5S. The van der Waals surface area contributed by atoms with Gasteiger partial charge >= 0.3 is 5.51 Å². The number of para-hydroxylation sites is 1. The molecule has 0 spiro atoms. The number of hydrogen-bond acceptors (Lipinski definition) is 6. The van der Waals surface area contributed by atoms with Crippen molar-refractivity contribution >= 4 is 33.2 Å². The molecule has 0 bridgehead atoms. The van der Waals surface area contributed by atoms with Crippen LogP contribution in [0.1, 0.15) is 27.6 Å². The predicted molar refractivity (Wildman–Crippen MR) is 117 cm³/mol. The van der Waals surface area contributed by atoms with Gasteiger partial charge < -0.3 is 15.4 Å². The fourth-order valence-corrected chi connectivity index (χ4v) is 3.68. The van der Waals surface area contributed by atoms with Crippen LogP contribution in [-0.4, -0.2) is 37.3 Å². The summed E-state index contributed by atoms with van der Waals surface area (Å²) >= 11 is 0. The van der Waals surface area contributed by atoms with E-state index in [1.54, 1.807) is 25.1 Å². The normalized spacial score (nSPS) is 11.5. The van der Waals surface area contributed by atoms with Gasteiger partial charge in [0, 0.05) is 11.9 Å². The Kier molecular flexibility index (Phi) is 7.20. The van der Waals surface area contributed by atoms with Gasteiger partial charge in [-0.05, 0) is 49.4 Å². The summed E-state index contributed by atoms with van der Waals surface area (Å²) in [5.74, 6) is -1.22. The molecule has 8 nitrogen and oxygen atoms in total. The highest BCUT2D eigenvalue weighted by Crippen LogP contribution is 2.31. The summed E-state index contributed by atoms with van der Waals surface area (Å²) in [4.78, 5) is 28.5. The van der Waals surface area contributed by atoms with Crippen molar-refractivity contribution in [3.8, 4) is 5.75 Å². The minimum absolute atomic E-state index is 0.103. The molecule has 0 atom stereocenters. The average Bonchev–Trinajstić information content (AvgIpc) is 2.79. The first-order chi connectivity index (χ1) is 16.0. The van der Waals surface area contributed by atoms with E-state index in [0.717, 1.165) is 12.1 Å². The van der Waals surface area contributed by atoms with Crippen LogP contribution in [0, 0.1) is 0 Å². The average molecular weight is 493 g/mol. The van der Waals surface area contributed by atoms with E-state index < -0.39 is 32.1 Å². The smallest absolute Gasteiger partial charge is 0.493 e. The Labute approximate surface area is 192 Å². The number of nitrogens with zero attached hydrogens (tertiary/aromatic N) is 1. The van der Waals surface area contributed by atoms with E-state index in [1.165, 1.54) is 30.5 Å². The van der Waals surface area contributed by atoms with Crippen LogP contribution in [0.4, 0.5) is 24.7 Å². The molecule has 12 heteroatoms. The quantitative estimate of drug-likeness (QED) is 0.508. The summed E-state index contributed by atoms with van der Waals surface area (Å²) in [6.07, 6.45) is 1.33. The topological polar surface area (TPSA) is 114 Å². The minimum atomic E-state index is -5.60. The molecule has 0 aliphatic heterocycles. The van der Waals surface area contributed by atoms with Crippen LogP contribution in [0.15, 0.2) is 71.8 Å². The third-order valence-corrected chi connectivity index (χ3v) is 5.91. The molecule has 0 fully saturated rings. The van der Waals surface area contributed by atoms with E-state index in [1.807, 2.05) is 0 Å². The molecule has 0 unspecified atom stereocenters. The molecule has 1 aromatic heterocycles. The fraction of sp³-hybridized carbons (Fsp3) is 0.136. The maximum atomic E-state index is 12.8. The number of rotatable bonds is 7. The summed E-state index contributed by atoms with van der Waals surface area (Å²) in [6.45, 7) is 2.08. The number of nitrogens with one attached hydrogen (secondary N) is 2. The van der Waals surface area contributed by atoms with Crippen LogP contribution < -0.4 is 15.4 Å². The van der Waals surface area contributed by atoms with E-state index >= 15 is 0 Å². The Hall–Kier alpha value is -3.93. The van der Waals surface area contributed by atoms with Crippen molar-refractivity contribution < 1.29 is 35.9 Å². The second kappa shape index (κ2) is 9.91. The van der Waals surface area contributed by atoms with Crippen molar-refractivity contribution in [2.75, 3.05) is 17.2 Å². The second-order valence-electron chi connectivity index (χ2n) is 6.71. The van der Waals surface area contributed by atoms with Crippen LogP contribution in [0.25, 0.3) is 0 Å². The Bertz CT molecular complexity index is 1330. The summed E-state index contributed by atoms with van der Waals surface area (Å²) in [5.41, 5.74) is -5.59. The molecule has 0 saturated carbocycles. The maximum absolute atomic E-state index is 12.8. The molecule has 1 heterocycles. The Morgan fingerprint density at radius 1 is 0.941 bits per heavy atom. The SMILES string of the molecule is CCOc1ccccc1C(=O)Nc1ncccc1C(=O)Nc1cccc(S(=O)(=O)C(F)(F)F)c1. The third-order valence-electron chi connectivity index (χ3n) is 4.42. The lowest BCUT2D eigenvalue weighted by molar-refractivity contribution is -0.0436. The van der Waals surface area contributed by atoms with Crippen molar-refractivity contribution in [2.45, 2.75) is 17.3 Å². The Morgan fingerprint density at radius 3 is 2.32 bits per heavy atom. The van der Waals surface area contributed by atoms with E-state index in [4.69, 9.17) is 4.74 Å². The second-order valence-corrected chi connectivity index (χ2v) is 8.66. The largest absolute Gasteiger partial charge is 0.501 e. The maximum Gasteiger partial charge on any atom is 0.501 e. The minimum Gasteiger partial charge on any atom is -0.493 e. The zero-order chi connectivity index (χ0) is 24.9. The molecule has 3 rings (SSSR count). The number of carbonyl (C=O) groups excluding carboxylic acids is 2. The number of alkyl halides is 3. The van der Waals surface area contributed by atoms with Crippen molar-refractivity contribution in [2.24, 2.45) is 0 Å². The molecule has 34 heavy (non-hydrogen) atoms. The van der Waals surface area contributed by atoms with Crippen LogP contribution in [0.3, 0.4) is 0 Å². The Morgan fingerprint density at radius 2 is 1.62 bits per heavy atom. The van der Waals surface area contributed by atoms with E-state index in [2.05, 4.69) is 15.6 Å². The molecule has 2 amide bonds. The van der Waals surface area contributed by atoms with Gasteiger partial charge in [0.2, 0.25) is 0 Å². The van der Waals surface area contributed by atoms with Gasteiger partial charge in [0.25, 0.3) is 21.7 Å². The van der Waals surface area contributed by atoms with E-state index in [0.29, 0.717) is 18.4 Å². The molecule has 0 radical (unpaired) electrons. The van der Waals surface area contributed by atoms with Gasteiger partial charge in [-0.2, -0.15) is 13.2 Å². The van der Waals surface area contributed by atoms with Crippen molar-refractivity contribution in [3.05, 3.63) is 78.0 Å². The van der Waals surface area contributed by atoms with Crippen molar-refractivity contribution in [1.29, 1.82) is 0 Å². The number of pyridine rings is 1. The van der Waals surface area contributed by atoms with Gasteiger partial charge in [0.05, 0.1) is 22.6 Å². The lowest BCUT2D eigenvalue weighted by atomic mass is 10.1. The van der Waals surface area contributed by atoms with E-state index in [-0.39, 0.29) is 22.6 Å². The summed E-state index contributed by atoms with van der Waals surface area (Å²) in [5, 5.41) is 4.83. The van der Waals surface area contributed by atoms with Gasteiger partial charge in [-0.15, -0.1) is 0 Å². The standard InChI is InChI=1S/C22H18F3N3O5S/c1-2-33-18-11-4-3-9-16(18)20(29)28-19-17(10-6-12-26-19)21(30)27-14-7-5-8-15(13-14)34(31,32)22(23,24)25/h3-13H,2H2,1H3,(H,27,30)(H,26,28,29). The molecular weight excluding hydrogens is 475 g/mol. The number of benzene rings is 2. The van der Waals surface area contributed by atoms with Gasteiger partial charge in [-0.1, -0.05) is 18.2 Å². The van der Waals surface area contributed by atoms with Gasteiger partial charge in [-0.3, -0.25) is 9.59 Å². The van der Waals surface area contributed by atoms with Crippen molar-refractivity contribution in [1.82, 2.24) is 4.98 Å². The zero-order valence-electron chi connectivity index (χ0n) is 17.6. The van der Waals surface area contributed by atoms with Crippen molar-refractivity contribution in [3.63, 3.8) is 0 Å². The number of sulfone groups is 1. The highest BCUT2D eigenvalue weighted by molar-refractivity contribution is 7.92. The Balaban J connectivity index is 1.85. The van der Waals surface area contributed by atoms with Gasteiger partial charge in [-0.25, -0.2) is 13.4 Å². The van der Waals surface area contributed by atoms with Crippen LogP contribution in [0.5, 0.6) is 5.75 Å². The number of anilines is 2. The molecule has 178 valence electrons. The highest BCUT2D eigenvalue weighted by Gasteiger charge is 2.46. The summed E-state index contributed by atoms with van der Waals surface area (Å²) in [7, 11) is -5.60. The van der Waals surface area contributed by atoms with Gasteiger partial charge in [0.15, 0.2) is 0 Å². The highest BCUT2D eigenvalue weighted by atomic mass is 32.2. The number of halogens is 3. The monoisotopic (exact) mass is 493 g/mol. The number of carbonyl (C=O) groups is 2.